The number of thiophene rings is 1. The number of thioether (sulfide) groups is 1. The van der Waals surface area contributed by atoms with E-state index in [1.165, 1.54) is 5.56 Å². The van der Waals surface area contributed by atoms with Crippen LogP contribution in [-0.2, 0) is 24.2 Å². The molecule has 4 nitrogen and oxygen atoms in total. The lowest BCUT2D eigenvalue weighted by molar-refractivity contribution is -0.0543. The van der Waals surface area contributed by atoms with Crippen LogP contribution in [0.1, 0.15) is 36.3 Å². The van der Waals surface area contributed by atoms with Gasteiger partial charge in [0, 0.05) is 17.1 Å². The van der Waals surface area contributed by atoms with Crippen molar-refractivity contribution in [2.45, 2.75) is 50.5 Å². The van der Waals surface area contributed by atoms with Crippen molar-refractivity contribution in [2.75, 3.05) is 5.75 Å². The topological polar surface area (TPSA) is 44.1 Å². The van der Waals surface area contributed by atoms with E-state index in [1.54, 1.807) is 27.7 Å². The van der Waals surface area contributed by atoms with Crippen molar-refractivity contribution in [3.63, 3.8) is 0 Å². The number of fused-ring (bicyclic) bond motifs is 3. The molecule has 0 saturated carbocycles. The van der Waals surface area contributed by atoms with Gasteiger partial charge in [-0.3, -0.25) is 9.36 Å². The van der Waals surface area contributed by atoms with Crippen LogP contribution in [0.25, 0.3) is 15.9 Å². The Hall–Kier alpha value is -2.41. The molecule has 0 bridgehead atoms. The van der Waals surface area contributed by atoms with E-state index in [0.717, 1.165) is 56.5 Å². The van der Waals surface area contributed by atoms with Crippen molar-refractivity contribution in [1.82, 2.24) is 9.55 Å². The van der Waals surface area contributed by atoms with Gasteiger partial charge in [-0.05, 0) is 43.0 Å². The summed E-state index contributed by atoms with van der Waals surface area (Å²) in [6, 6.07) is 20.3. The van der Waals surface area contributed by atoms with Crippen molar-refractivity contribution in [2.24, 2.45) is 0 Å². The molecule has 164 valence electrons. The minimum absolute atomic E-state index is 0.0289. The van der Waals surface area contributed by atoms with E-state index in [4.69, 9.17) is 9.72 Å². The normalized spacial score (nSPS) is 18.1. The molecule has 2 aromatic carbocycles. The fraction of sp³-hybridized carbons (Fsp3) is 0.308. The molecule has 4 aromatic rings. The molecule has 1 atom stereocenters. The van der Waals surface area contributed by atoms with Gasteiger partial charge in [0.1, 0.15) is 4.83 Å². The average Bonchev–Trinajstić information content (AvgIpc) is 3.18. The minimum atomic E-state index is -0.228. The molecule has 6 heteroatoms. The maximum absolute atomic E-state index is 13.9. The maximum Gasteiger partial charge on any atom is 0.267 e. The molecule has 1 aliphatic rings. The molecule has 0 fully saturated rings. The van der Waals surface area contributed by atoms with Crippen LogP contribution in [0, 0.1) is 0 Å². The summed E-state index contributed by atoms with van der Waals surface area (Å²) >= 11 is 3.25. The van der Waals surface area contributed by atoms with Crippen LogP contribution in [0.4, 0.5) is 0 Å². The number of benzene rings is 2. The van der Waals surface area contributed by atoms with Gasteiger partial charge in [-0.1, -0.05) is 67.2 Å². The number of aryl methyl sites for hydroxylation is 1. The van der Waals surface area contributed by atoms with Crippen LogP contribution in [0.15, 0.2) is 70.6 Å². The number of nitrogens with zero attached hydrogens (tertiary/aromatic N) is 2. The fourth-order valence-corrected chi connectivity index (χ4v) is 6.28. The van der Waals surface area contributed by atoms with E-state index >= 15 is 0 Å². The summed E-state index contributed by atoms with van der Waals surface area (Å²) in [6.07, 6.45) is 2.60. The summed E-state index contributed by atoms with van der Waals surface area (Å²) in [4.78, 5) is 20.9. The van der Waals surface area contributed by atoms with Gasteiger partial charge in [0.05, 0.1) is 23.3 Å². The zero-order chi connectivity index (χ0) is 22.1. The first-order chi connectivity index (χ1) is 15.6. The first-order valence-corrected chi connectivity index (χ1v) is 12.8. The smallest absolute Gasteiger partial charge is 0.267 e. The Morgan fingerprint density at radius 2 is 1.84 bits per heavy atom. The van der Waals surface area contributed by atoms with Crippen molar-refractivity contribution < 1.29 is 4.74 Å². The lowest BCUT2D eigenvalue weighted by atomic mass is 9.90. The quantitative estimate of drug-likeness (QED) is 0.259. The van der Waals surface area contributed by atoms with Crippen LogP contribution < -0.4 is 5.56 Å². The van der Waals surface area contributed by atoms with Crippen molar-refractivity contribution in [3.8, 4) is 5.69 Å². The predicted octanol–water partition coefficient (Wildman–Crippen LogP) is 6.02. The number of rotatable bonds is 6. The van der Waals surface area contributed by atoms with Gasteiger partial charge in [-0.2, -0.15) is 0 Å². The van der Waals surface area contributed by atoms with Crippen LogP contribution in [0.2, 0.25) is 0 Å². The number of para-hydroxylation sites is 1. The lowest BCUT2D eigenvalue weighted by Crippen LogP contribution is -2.34. The van der Waals surface area contributed by atoms with Gasteiger partial charge in [0.2, 0.25) is 0 Å². The molecule has 3 heterocycles. The highest BCUT2D eigenvalue weighted by Gasteiger charge is 2.33. The molecule has 1 aliphatic heterocycles. The molecule has 5 rings (SSSR count). The summed E-state index contributed by atoms with van der Waals surface area (Å²) in [6.45, 7) is 4.83. The van der Waals surface area contributed by atoms with Crippen molar-refractivity contribution in [1.29, 1.82) is 0 Å². The zero-order valence-corrected chi connectivity index (χ0v) is 20.0. The Bertz CT molecular complexity index is 1300. The lowest BCUT2D eigenvalue weighted by Gasteiger charge is -2.32. The van der Waals surface area contributed by atoms with E-state index in [9.17, 15) is 4.79 Å². The Morgan fingerprint density at radius 1 is 1.12 bits per heavy atom. The standard InChI is InChI=1S/C26H26N2O2S2/c1-3-26(2)16-20-21(17-30-26)32-23-22(20)24(29)28(19-12-8-5-9-13-19)25(27-23)31-15-14-18-10-6-4-7-11-18/h4-13H,3,14-17H2,1-2H3/t26-/m0/s1. The van der Waals surface area contributed by atoms with Crippen LogP contribution in [0.5, 0.6) is 0 Å². The van der Waals surface area contributed by atoms with Gasteiger partial charge in [0.15, 0.2) is 5.16 Å². The average molecular weight is 463 g/mol. The zero-order valence-electron chi connectivity index (χ0n) is 18.3. The summed E-state index contributed by atoms with van der Waals surface area (Å²) in [5, 5.41) is 1.52. The largest absolute Gasteiger partial charge is 0.369 e. The van der Waals surface area contributed by atoms with Crippen molar-refractivity contribution in [3.05, 3.63) is 87.0 Å². The second-order valence-corrected chi connectivity index (χ2v) is 10.6. The van der Waals surface area contributed by atoms with Crippen molar-refractivity contribution >= 4 is 33.3 Å². The second kappa shape index (κ2) is 8.85. The molecular formula is C26H26N2O2S2. The number of hydrogen-bond donors (Lipinski definition) is 0. The van der Waals surface area contributed by atoms with E-state index in [-0.39, 0.29) is 11.2 Å². The van der Waals surface area contributed by atoms with Gasteiger partial charge < -0.3 is 4.74 Å². The van der Waals surface area contributed by atoms with Gasteiger partial charge in [0.25, 0.3) is 5.56 Å². The summed E-state index contributed by atoms with van der Waals surface area (Å²) in [5.74, 6) is 0.858. The fourth-order valence-electron chi connectivity index (χ4n) is 4.13. The van der Waals surface area contributed by atoms with Crippen LogP contribution in [-0.4, -0.2) is 20.9 Å². The molecule has 0 unspecified atom stereocenters. The van der Waals surface area contributed by atoms with E-state index < -0.39 is 0 Å². The monoisotopic (exact) mass is 462 g/mol. The molecule has 32 heavy (non-hydrogen) atoms. The number of ether oxygens (including phenoxy) is 1. The minimum Gasteiger partial charge on any atom is -0.369 e. The highest BCUT2D eigenvalue weighted by molar-refractivity contribution is 7.99. The van der Waals surface area contributed by atoms with E-state index in [2.05, 4.69) is 38.1 Å². The number of aromatic nitrogens is 2. The molecule has 0 radical (unpaired) electrons. The Labute approximate surface area is 196 Å². The molecule has 0 aliphatic carbocycles. The Morgan fingerprint density at radius 3 is 2.56 bits per heavy atom. The van der Waals surface area contributed by atoms with Crippen LogP contribution in [0.3, 0.4) is 0 Å². The van der Waals surface area contributed by atoms with Gasteiger partial charge in [-0.15, -0.1) is 11.3 Å². The highest BCUT2D eigenvalue weighted by atomic mass is 32.2. The van der Waals surface area contributed by atoms with E-state index in [1.807, 2.05) is 36.4 Å². The Kier molecular flexibility index (Phi) is 5.93. The molecule has 2 aromatic heterocycles. The maximum atomic E-state index is 13.9. The van der Waals surface area contributed by atoms with Gasteiger partial charge >= 0.3 is 0 Å². The summed E-state index contributed by atoms with van der Waals surface area (Å²) in [7, 11) is 0. The first-order valence-electron chi connectivity index (χ1n) is 11.0. The molecular weight excluding hydrogens is 436 g/mol. The summed E-state index contributed by atoms with van der Waals surface area (Å²) in [5.41, 5.74) is 3.08. The third-order valence-corrected chi connectivity index (χ3v) is 8.25. The van der Waals surface area contributed by atoms with Crippen LogP contribution >= 0.6 is 23.1 Å². The number of hydrogen-bond acceptors (Lipinski definition) is 5. The molecule has 0 spiro atoms. The highest BCUT2D eigenvalue weighted by Crippen LogP contribution is 2.39. The van der Waals surface area contributed by atoms with Gasteiger partial charge in [-0.25, -0.2) is 4.98 Å². The Balaban J connectivity index is 1.59. The SMILES string of the molecule is CC[C@@]1(C)Cc2c(sc3nc(SCCc4ccccc4)n(-c4ccccc4)c(=O)c23)CO1. The molecule has 0 amide bonds. The second-order valence-electron chi connectivity index (χ2n) is 8.41. The molecule has 0 N–H and O–H groups in total. The summed E-state index contributed by atoms with van der Waals surface area (Å²) < 4.78 is 7.93. The third-order valence-electron chi connectivity index (χ3n) is 6.21. The predicted molar refractivity (Wildman–Crippen MR) is 133 cm³/mol. The first kappa shape index (κ1) is 21.4. The molecule has 0 saturated heterocycles. The van der Waals surface area contributed by atoms with E-state index in [0.29, 0.717) is 6.61 Å². The third kappa shape index (κ3) is 4.03.